The smallest absolute Gasteiger partial charge is 0.335 e. The standard InChI is InChI=1S/C24H28N4O3.C24H26N4O3/c2*1-3-31-24-26-23(27-28-24)19-10-8-17(9-11-19)20-12-13-21(25-15-20)18-6-4-16(5-7-18)14-22(29)30-2/h8-13,15-16,18H,3-7,14H2,1-2H3,(H,26,27,28);6,8-13,15-16H,3-5,7,14H2,1-2H3,(H,26,27,28). The Bertz CT molecular complexity index is 2380. The van der Waals surface area contributed by atoms with Crippen LogP contribution in [0.2, 0.25) is 0 Å². The van der Waals surface area contributed by atoms with Gasteiger partial charge >= 0.3 is 24.0 Å². The number of nitrogens with one attached hydrogen (secondary N) is 2. The van der Waals surface area contributed by atoms with Crippen LogP contribution in [0.25, 0.3) is 50.6 Å². The van der Waals surface area contributed by atoms with Gasteiger partial charge < -0.3 is 18.9 Å². The van der Waals surface area contributed by atoms with E-state index in [2.05, 4.69) is 77.8 Å². The molecule has 0 amide bonds. The van der Waals surface area contributed by atoms with Crippen molar-refractivity contribution >= 4 is 17.5 Å². The fraction of sp³-hybridized carbons (Fsp3) is 0.375. The number of aromatic nitrogens is 8. The van der Waals surface area contributed by atoms with Crippen molar-refractivity contribution in [1.29, 1.82) is 0 Å². The van der Waals surface area contributed by atoms with Crippen LogP contribution in [-0.4, -0.2) is 79.7 Å². The summed E-state index contributed by atoms with van der Waals surface area (Å²) in [5, 5.41) is 13.9. The Morgan fingerprint density at radius 2 is 1.10 bits per heavy atom. The maximum Gasteiger partial charge on any atom is 0.335 e. The van der Waals surface area contributed by atoms with Crippen molar-refractivity contribution in [3.8, 4) is 57.1 Å². The summed E-state index contributed by atoms with van der Waals surface area (Å²) in [7, 11) is 2.90. The number of hydrogen-bond donors (Lipinski definition) is 2. The molecule has 4 heterocycles. The van der Waals surface area contributed by atoms with E-state index in [0.717, 1.165) is 89.7 Å². The molecule has 0 saturated heterocycles. The number of carbonyl (C=O) groups is 2. The van der Waals surface area contributed by atoms with E-state index >= 15 is 0 Å². The van der Waals surface area contributed by atoms with Gasteiger partial charge in [-0.1, -0.05) is 66.7 Å². The normalized spacial score (nSPS) is 17.2. The van der Waals surface area contributed by atoms with E-state index in [-0.39, 0.29) is 11.9 Å². The Morgan fingerprint density at radius 3 is 1.55 bits per heavy atom. The molecule has 4 aromatic heterocycles. The molecule has 2 N–H and O–H groups in total. The fourth-order valence-corrected chi connectivity index (χ4v) is 7.96. The minimum atomic E-state index is -0.131. The predicted molar refractivity (Wildman–Crippen MR) is 236 cm³/mol. The summed E-state index contributed by atoms with van der Waals surface area (Å²) in [5.41, 5.74) is 9.63. The van der Waals surface area contributed by atoms with Crippen LogP contribution < -0.4 is 9.47 Å². The van der Waals surface area contributed by atoms with Crippen LogP contribution in [0.15, 0.2) is 91.3 Å². The lowest BCUT2D eigenvalue weighted by Gasteiger charge is -2.27. The van der Waals surface area contributed by atoms with Crippen molar-refractivity contribution < 1.29 is 28.5 Å². The zero-order chi connectivity index (χ0) is 43.3. The SMILES string of the molecule is CCOc1n[nH]c(-c2ccc(-c3ccc(C4=CCC(CC(=O)OC)CC4)nc3)cc2)n1.CCOc1n[nH]c(-c2ccc(-c3ccc(C4CCC(CC(=O)OC)CC4)nc3)cc2)n1. The first-order valence-corrected chi connectivity index (χ1v) is 21.4. The highest BCUT2D eigenvalue weighted by Crippen LogP contribution is 2.37. The number of allylic oxidation sites excluding steroid dienone is 2. The number of nitrogens with zero attached hydrogens (tertiary/aromatic N) is 6. The Hall–Kier alpha value is -6.70. The molecule has 14 nitrogen and oxygen atoms in total. The van der Waals surface area contributed by atoms with E-state index < -0.39 is 0 Å². The lowest BCUT2D eigenvalue weighted by molar-refractivity contribution is -0.142. The van der Waals surface area contributed by atoms with Gasteiger partial charge in [-0.15, -0.1) is 10.2 Å². The molecule has 1 fully saturated rings. The number of carbonyl (C=O) groups excluding carboxylic acids is 2. The molecular formula is C48H54N8O6. The highest BCUT2D eigenvalue weighted by molar-refractivity contribution is 5.72. The van der Waals surface area contributed by atoms with E-state index in [1.807, 2.05) is 62.6 Å². The van der Waals surface area contributed by atoms with Crippen molar-refractivity contribution in [2.75, 3.05) is 27.4 Å². The molecule has 62 heavy (non-hydrogen) atoms. The third kappa shape index (κ3) is 11.4. The van der Waals surface area contributed by atoms with Crippen LogP contribution in [0.1, 0.15) is 88.9 Å². The van der Waals surface area contributed by atoms with Crippen molar-refractivity contribution in [3.05, 3.63) is 103 Å². The number of rotatable bonds is 14. The average molecular weight is 839 g/mol. The quantitative estimate of drug-likeness (QED) is 0.0994. The molecule has 1 saturated carbocycles. The minimum Gasteiger partial charge on any atom is -0.469 e. The zero-order valence-electron chi connectivity index (χ0n) is 35.8. The second kappa shape index (κ2) is 21.2. The van der Waals surface area contributed by atoms with Gasteiger partial charge in [-0.05, 0) is 99.5 Å². The number of esters is 2. The van der Waals surface area contributed by atoms with Crippen LogP contribution in [0.5, 0.6) is 12.0 Å². The third-order valence-electron chi connectivity index (χ3n) is 11.5. The van der Waals surface area contributed by atoms with Crippen molar-refractivity contribution in [2.45, 2.75) is 77.6 Å². The van der Waals surface area contributed by atoms with E-state index in [4.69, 9.17) is 23.9 Å². The molecule has 2 aliphatic carbocycles. The first kappa shape index (κ1) is 43.4. The summed E-state index contributed by atoms with van der Waals surface area (Å²) in [6.45, 7) is 4.87. The Kier molecular flexibility index (Phi) is 14.8. The highest BCUT2D eigenvalue weighted by atomic mass is 16.5. The van der Waals surface area contributed by atoms with Crippen LogP contribution in [-0.2, 0) is 19.1 Å². The molecule has 1 atom stereocenters. The van der Waals surface area contributed by atoms with Crippen molar-refractivity contribution in [3.63, 3.8) is 0 Å². The minimum absolute atomic E-state index is 0.102. The van der Waals surface area contributed by atoms with Crippen LogP contribution in [0.4, 0.5) is 0 Å². The molecule has 1 unspecified atom stereocenters. The molecule has 0 bridgehead atoms. The first-order valence-electron chi connectivity index (χ1n) is 21.4. The molecule has 14 heteroatoms. The Balaban J connectivity index is 0.000000186. The topological polar surface area (TPSA) is 180 Å². The molecule has 6 aromatic rings. The summed E-state index contributed by atoms with van der Waals surface area (Å²) >= 11 is 0. The van der Waals surface area contributed by atoms with Crippen LogP contribution >= 0.6 is 0 Å². The molecular weight excluding hydrogens is 785 g/mol. The van der Waals surface area contributed by atoms with Crippen molar-refractivity contribution in [1.82, 2.24) is 40.3 Å². The second-order valence-electron chi connectivity index (χ2n) is 15.5. The van der Waals surface area contributed by atoms with E-state index in [1.54, 1.807) is 0 Å². The van der Waals surface area contributed by atoms with Gasteiger partial charge in [0.05, 0.1) is 33.1 Å². The first-order chi connectivity index (χ1) is 30.3. The number of H-pyrrole nitrogens is 2. The molecule has 322 valence electrons. The van der Waals surface area contributed by atoms with Crippen LogP contribution in [0.3, 0.4) is 0 Å². The summed E-state index contributed by atoms with van der Waals surface area (Å²) < 4.78 is 20.2. The Labute approximate surface area is 362 Å². The van der Waals surface area contributed by atoms with Gasteiger partial charge in [0.25, 0.3) is 0 Å². The summed E-state index contributed by atoms with van der Waals surface area (Å²) in [6, 6.07) is 25.4. The molecule has 2 aromatic carbocycles. The summed E-state index contributed by atoms with van der Waals surface area (Å²) in [6.07, 6.45) is 14.2. The third-order valence-corrected chi connectivity index (χ3v) is 11.5. The number of benzene rings is 2. The molecule has 0 spiro atoms. The Morgan fingerprint density at radius 1 is 0.597 bits per heavy atom. The molecule has 8 rings (SSSR count). The number of aromatic amines is 2. The van der Waals surface area contributed by atoms with Gasteiger partial charge in [0.2, 0.25) is 0 Å². The average Bonchev–Trinajstić information content (AvgIpc) is 4.01. The van der Waals surface area contributed by atoms with Gasteiger partial charge in [-0.25, -0.2) is 0 Å². The van der Waals surface area contributed by atoms with E-state index in [1.165, 1.54) is 19.8 Å². The molecule has 2 aliphatic rings. The summed E-state index contributed by atoms with van der Waals surface area (Å²) in [4.78, 5) is 41.0. The maximum absolute atomic E-state index is 11.5. The monoisotopic (exact) mass is 838 g/mol. The van der Waals surface area contributed by atoms with Gasteiger partial charge in [0.1, 0.15) is 0 Å². The lowest BCUT2D eigenvalue weighted by Crippen LogP contribution is -2.17. The lowest BCUT2D eigenvalue weighted by atomic mass is 9.79. The number of pyridine rings is 2. The van der Waals surface area contributed by atoms with E-state index in [0.29, 0.717) is 67.5 Å². The largest absolute Gasteiger partial charge is 0.469 e. The molecule has 0 aliphatic heterocycles. The predicted octanol–water partition coefficient (Wildman–Crippen LogP) is 9.45. The molecule has 0 radical (unpaired) electrons. The summed E-state index contributed by atoms with van der Waals surface area (Å²) in [5.74, 6) is 2.41. The van der Waals surface area contributed by atoms with Crippen LogP contribution in [0, 0.1) is 11.8 Å². The maximum atomic E-state index is 11.5. The zero-order valence-corrected chi connectivity index (χ0v) is 35.8. The van der Waals surface area contributed by atoms with Crippen molar-refractivity contribution in [2.24, 2.45) is 11.8 Å². The second-order valence-corrected chi connectivity index (χ2v) is 15.5. The van der Waals surface area contributed by atoms with E-state index in [9.17, 15) is 9.59 Å². The van der Waals surface area contributed by atoms with Gasteiger partial charge in [0.15, 0.2) is 11.6 Å². The fourth-order valence-electron chi connectivity index (χ4n) is 7.96. The number of hydrogen-bond acceptors (Lipinski definition) is 12. The van der Waals surface area contributed by atoms with Gasteiger partial charge in [-0.3, -0.25) is 29.8 Å². The van der Waals surface area contributed by atoms with Gasteiger partial charge in [0, 0.05) is 59.1 Å². The van der Waals surface area contributed by atoms with Gasteiger partial charge in [-0.2, -0.15) is 9.97 Å². The highest BCUT2D eigenvalue weighted by Gasteiger charge is 2.25. The number of methoxy groups -OCH3 is 2. The number of ether oxygens (including phenoxy) is 4.